The number of ether oxygens (including phenoxy) is 1. The van der Waals surface area contributed by atoms with Crippen LogP contribution in [0.15, 0.2) is 30.3 Å². The van der Waals surface area contributed by atoms with Gasteiger partial charge in [-0.05, 0) is 25.3 Å². The van der Waals surface area contributed by atoms with Gasteiger partial charge in [-0.25, -0.2) is 0 Å². The fraction of sp³-hybridized carbons (Fsp3) is 0.562. The van der Waals surface area contributed by atoms with Crippen LogP contribution < -0.4 is 0 Å². The van der Waals surface area contributed by atoms with Crippen LogP contribution in [-0.2, 0) is 15.1 Å². The molecule has 0 spiro atoms. The van der Waals surface area contributed by atoms with Gasteiger partial charge in [0.1, 0.15) is 5.60 Å². The molecular formula is C16H20ClNO2. The fourth-order valence-corrected chi connectivity index (χ4v) is 3.46. The summed E-state index contributed by atoms with van der Waals surface area (Å²) in [4.78, 5) is 14.4. The molecular weight excluding hydrogens is 274 g/mol. The van der Waals surface area contributed by atoms with Crippen LogP contribution >= 0.6 is 11.6 Å². The number of morpholine rings is 1. The summed E-state index contributed by atoms with van der Waals surface area (Å²) in [6.07, 6.45) is 1.64. The molecule has 0 N–H and O–H groups in total. The van der Waals surface area contributed by atoms with E-state index in [0.29, 0.717) is 19.7 Å². The summed E-state index contributed by atoms with van der Waals surface area (Å²) >= 11 is 5.98. The third-order valence-corrected chi connectivity index (χ3v) is 4.76. The second-order valence-corrected chi connectivity index (χ2v) is 6.59. The van der Waals surface area contributed by atoms with Crippen molar-refractivity contribution in [2.75, 3.05) is 19.7 Å². The quantitative estimate of drug-likeness (QED) is 0.785. The minimum atomic E-state index is -0.403. The highest BCUT2D eigenvalue weighted by Gasteiger charge is 2.40. The normalized spacial score (nSPS) is 33.6. The minimum Gasteiger partial charge on any atom is -0.367 e. The molecule has 1 aromatic carbocycles. The number of benzene rings is 1. The van der Waals surface area contributed by atoms with Crippen molar-refractivity contribution in [2.45, 2.75) is 30.7 Å². The van der Waals surface area contributed by atoms with Gasteiger partial charge in [0.25, 0.3) is 0 Å². The molecule has 0 radical (unpaired) electrons. The summed E-state index contributed by atoms with van der Waals surface area (Å²) < 4.78 is 5.96. The Labute approximate surface area is 124 Å². The Kier molecular flexibility index (Phi) is 3.74. The maximum absolute atomic E-state index is 12.5. The maximum Gasteiger partial charge on any atom is 0.225 e. The number of nitrogens with zero attached hydrogens (tertiary/aromatic N) is 1. The first kappa shape index (κ1) is 13.9. The largest absolute Gasteiger partial charge is 0.367 e. The summed E-state index contributed by atoms with van der Waals surface area (Å²) in [5, 5.41) is 0.186. The van der Waals surface area contributed by atoms with Gasteiger partial charge in [0.2, 0.25) is 5.91 Å². The molecule has 2 aliphatic rings. The molecule has 1 amide bonds. The Bertz CT molecular complexity index is 487. The average Bonchev–Trinajstić information content (AvgIpc) is 2.44. The molecule has 1 heterocycles. The Morgan fingerprint density at radius 2 is 2.05 bits per heavy atom. The summed E-state index contributed by atoms with van der Waals surface area (Å²) in [6, 6.07) is 10.1. The molecule has 1 aromatic rings. The van der Waals surface area contributed by atoms with Gasteiger partial charge in [-0.1, -0.05) is 30.3 Å². The van der Waals surface area contributed by atoms with Crippen LogP contribution in [0.3, 0.4) is 0 Å². The van der Waals surface area contributed by atoms with Crippen LogP contribution in [-0.4, -0.2) is 35.9 Å². The second-order valence-electron chi connectivity index (χ2n) is 5.97. The van der Waals surface area contributed by atoms with Gasteiger partial charge in [-0.3, -0.25) is 4.79 Å². The Morgan fingerprint density at radius 1 is 1.35 bits per heavy atom. The average molecular weight is 294 g/mol. The first-order valence-corrected chi connectivity index (χ1v) is 7.64. The molecule has 2 fully saturated rings. The molecule has 1 atom stereocenters. The molecule has 4 heteroatoms. The molecule has 1 aliphatic heterocycles. The van der Waals surface area contributed by atoms with Crippen LogP contribution in [0.25, 0.3) is 0 Å². The zero-order chi connectivity index (χ0) is 14.2. The van der Waals surface area contributed by atoms with Gasteiger partial charge in [0.15, 0.2) is 0 Å². The van der Waals surface area contributed by atoms with E-state index in [2.05, 4.69) is 19.1 Å². The number of hydrogen-bond donors (Lipinski definition) is 0. The molecule has 3 rings (SSSR count). The lowest BCUT2D eigenvalue weighted by Gasteiger charge is -2.43. The number of carbonyl (C=O) groups is 1. The monoisotopic (exact) mass is 293 g/mol. The van der Waals surface area contributed by atoms with Crippen LogP contribution in [0.1, 0.15) is 25.3 Å². The predicted molar refractivity (Wildman–Crippen MR) is 78.7 cm³/mol. The third kappa shape index (κ3) is 2.57. The number of hydrogen-bond acceptors (Lipinski definition) is 2. The van der Waals surface area contributed by atoms with Crippen molar-refractivity contribution < 1.29 is 9.53 Å². The van der Waals surface area contributed by atoms with E-state index in [-0.39, 0.29) is 17.2 Å². The highest BCUT2D eigenvalue weighted by Crippen LogP contribution is 2.35. The lowest BCUT2D eigenvalue weighted by Crippen LogP contribution is -2.53. The first-order chi connectivity index (χ1) is 9.58. The number of amides is 1. The van der Waals surface area contributed by atoms with E-state index in [4.69, 9.17) is 16.3 Å². The highest BCUT2D eigenvalue weighted by molar-refractivity contribution is 6.21. The van der Waals surface area contributed by atoms with E-state index in [1.807, 2.05) is 23.1 Å². The Hall–Kier alpha value is -1.06. The zero-order valence-electron chi connectivity index (χ0n) is 11.7. The Morgan fingerprint density at radius 3 is 2.70 bits per heavy atom. The number of carbonyl (C=O) groups excluding carboxylic acids is 1. The van der Waals surface area contributed by atoms with Gasteiger partial charge in [0.05, 0.1) is 13.2 Å². The van der Waals surface area contributed by atoms with E-state index >= 15 is 0 Å². The zero-order valence-corrected chi connectivity index (χ0v) is 12.5. The summed E-state index contributed by atoms with van der Waals surface area (Å²) in [5.41, 5.74) is 0.723. The van der Waals surface area contributed by atoms with E-state index in [1.54, 1.807) is 0 Å². The maximum atomic E-state index is 12.5. The third-order valence-electron chi connectivity index (χ3n) is 4.40. The van der Waals surface area contributed by atoms with Crippen LogP contribution in [0, 0.1) is 5.92 Å². The lowest BCUT2D eigenvalue weighted by molar-refractivity contribution is -0.155. The van der Waals surface area contributed by atoms with Crippen LogP contribution in [0.2, 0.25) is 0 Å². The second kappa shape index (κ2) is 5.38. The molecule has 1 saturated carbocycles. The summed E-state index contributed by atoms with van der Waals surface area (Å²) in [5.74, 6) is 0.364. The molecule has 0 aromatic heterocycles. The number of halogens is 1. The fourth-order valence-electron chi connectivity index (χ4n) is 3.03. The molecule has 20 heavy (non-hydrogen) atoms. The molecule has 0 bridgehead atoms. The van der Waals surface area contributed by atoms with E-state index in [0.717, 1.165) is 18.4 Å². The predicted octanol–water partition coefficient (Wildman–Crippen LogP) is 2.78. The van der Waals surface area contributed by atoms with Gasteiger partial charge >= 0.3 is 0 Å². The van der Waals surface area contributed by atoms with Crippen molar-refractivity contribution in [2.24, 2.45) is 5.92 Å². The van der Waals surface area contributed by atoms with Crippen molar-refractivity contribution in [1.82, 2.24) is 4.90 Å². The van der Waals surface area contributed by atoms with Gasteiger partial charge in [-0.15, -0.1) is 11.6 Å². The van der Waals surface area contributed by atoms with Crippen molar-refractivity contribution in [3.05, 3.63) is 35.9 Å². The SMILES string of the molecule is CC1(c2ccccc2)CN(C(=O)C2CC(Cl)C2)CCO1. The summed E-state index contributed by atoms with van der Waals surface area (Å²) in [6.45, 7) is 3.96. The van der Waals surface area contributed by atoms with Crippen LogP contribution in [0.4, 0.5) is 0 Å². The molecule has 1 aliphatic carbocycles. The van der Waals surface area contributed by atoms with Gasteiger partial charge in [-0.2, -0.15) is 0 Å². The van der Waals surface area contributed by atoms with Crippen LogP contribution in [0.5, 0.6) is 0 Å². The highest BCUT2D eigenvalue weighted by atomic mass is 35.5. The molecule has 1 unspecified atom stereocenters. The summed E-state index contributed by atoms with van der Waals surface area (Å²) in [7, 11) is 0. The van der Waals surface area contributed by atoms with Gasteiger partial charge in [0, 0.05) is 17.8 Å². The topological polar surface area (TPSA) is 29.5 Å². The standard InChI is InChI=1S/C16H20ClNO2/c1-16(13-5-3-2-4-6-13)11-18(7-8-20-16)15(19)12-9-14(17)10-12/h2-6,12,14H,7-11H2,1H3. The number of alkyl halides is 1. The van der Waals surface area contributed by atoms with E-state index in [9.17, 15) is 4.79 Å². The van der Waals surface area contributed by atoms with Crippen molar-refractivity contribution >= 4 is 17.5 Å². The van der Waals surface area contributed by atoms with Crippen molar-refractivity contribution in [3.8, 4) is 0 Å². The lowest BCUT2D eigenvalue weighted by atomic mass is 9.83. The van der Waals surface area contributed by atoms with Crippen molar-refractivity contribution in [3.63, 3.8) is 0 Å². The molecule has 1 saturated heterocycles. The molecule has 108 valence electrons. The molecule has 3 nitrogen and oxygen atoms in total. The van der Waals surface area contributed by atoms with E-state index in [1.165, 1.54) is 0 Å². The first-order valence-electron chi connectivity index (χ1n) is 7.21. The smallest absolute Gasteiger partial charge is 0.225 e. The number of rotatable bonds is 2. The Balaban J connectivity index is 1.71. The van der Waals surface area contributed by atoms with Gasteiger partial charge < -0.3 is 9.64 Å². The van der Waals surface area contributed by atoms with E-state index < -0.39 is 5.60 Å². The minimum absolute atomic E-state index is 0.121. The van der Waals surface area contributed by atoms with Crippen molar-refractivity contribution in [1.29, 1.82) is 0 Å².